The zero-order valence-electron chi connectivity index (χ0n) is 14.1. The number of carbonyl (C=O) groups is 1. The number of rotatable bonds is 3. The Kier molecular flexibility index (Phi) is 4.62. The maximum absolute atomic E-state index is 12.8. The lowest BCUT2D eigenvalue weighted by molar-refractivity contribution is 0.00896. The third-order valence-corrected chi connectivity index (χ3v) is 5.23. The molecule has 3 rings (SSSR count). The van der Waals surface area contributed by atoms with Gasteiger partial charge < -0.3 is 15.3 Å². The monoisotopic (exact) mass is 320 g/mol. The third-order valence-electron chi connectivity index (χ3n) is 5.23. The van der Waals surface area contributed by atoms with E-state index in [-0.39, 0.29) is 24.2 Å². The predicted molar refractivity (Wildman–Crippen MR) is 88.1 cm³/mol. The summed E-state index contributed by atoms with van der Waals surface area (Å²) in [5, 5.41) is 17.9. The van der Waals surface area contributed by atoms with Crippen LogP contribution in [0.4, 0.5) is 4.79 Å². The molecular weight excluding hydrogens is 292 g/mol. The molecule has 6 heteroatoms. The molecule has 0 aromatic carbocycles. The molecule has 0 bridgehead atoms. The van der Waals surface area contributed by atoms with Crippen LogP contribution in [0.1, 0.15) is 58.4 Å². The van der Waals surface area contributed by atoms with E-state index in [0.29, 0.717) is 0 Å². The van der Waals surface area contributed by atoms with Gasteiger partial charge in [0, 0.05) is 18.9 Å². The van der Waals surface area contributed by atoms with Crippen LogP contribution in [0.5, 0.6) is 0 Å². The number of carbonyl (C=O) groups excluding carboxylic acids is 1. The summed E-state index contributed by atoms with van der Waals surface area (Å²) in [5.41, 5.74) is -0.859. The van der Waals surface area contributed by atoms with Crippen LogP contribution in [0.3, 0.4) is 0 Å². The molecule has 3 atom stereocenters. The number of aromatic nitrogens is 2. The van der Waals surface area contributed by atoms with E-state index >= 15 is 0 Å². The molecule has 2 N–H and O–H groups in total. The highest BCUT2D eigenvalue weighted by Gasteiger charge is 2.39. The van der Waals surface area contributed by atoms with Gasteiger partial charge in [-0.15, -0.1) is 0 Å². The lowest BCUT2D eigenvalue weighted by Gasteiger charge is -2.37. The van der Waals surface area contributed by atoms with E-state index in [2.05, 4.69) is 10.4 Å². The highest BCUT2D eigenvalue weighted by molar-refractivity contribution is 5.75. The molecule has 2 fully saturated rings. The third kappa shape index (κ3) is 3.52. The molecule has 1 aromatic heterocycles. The summed E-state index contributed by atoms with van der Waals surface area (Å²) in [6.07, 6.45) is 9.92. The summed E-state index contributed by atoms with van der Waals surface area (Å²) < 4.78 is 1.97. The van der Waals surface area contributed by atoms with Gasteiger partial charge in [0.05, 0.1) is 23.7 Å². The quantitative estimate of drug-likeness (QED) is 0.898. The van der Waals surface area contributed by atoms with Crippen molar-refractivity contribution in [1.82, 2.24) is 20.0 Å². The Balaban J connectivity index is 1.68. The molecule has 0 spiro atoms. The number of nitrogens with zero attached hydrogens (tertiary/aromatic N) is 3. The molecule has 0 radical (unpaired) electrons. The highest BCUT2D eigenvalue weighted by Crippen LogP contribution is 2.30. The first-order chi connectivity index (χ1) is 11.0. The summed E-state index contributed by atoms with van der Waals surface area (Å²) in [6.45, 7) is 4.30. The van der Waals surface area contributed by atoms with Crippen molar-refractivity contribution < 1.29 is 9.90 Å². The summed E-state index contributed by atoms with van der Waals surface area (Å²) >= 11 is 0. The summed E-state index contributed by atoms with van der Waals surface area (Å²) in [6, 6.07) is 2.12. The van der Waals surface area contributed by atoms with Crippen LogP contribution in [0.25, 0.3) is 0 Å². The zero-order valence-corrected chi connectivity index (χ0v) is 14.1. The number of nitrogens with one attached hydrogen (secondary N) is 1. The minimum Gasteiger partial charge on any atom is -0.388 e. The molecule has 128 valence electrons. The second-order valence-electron chi connectivity index (χ2n) is 7.40. The molecule has 1 saturated carbocycles. The Hall–Kier alpha value is -1.56. The molecule has 1 aromatic rings. The second kappa shape index (κ2) is 6.51. The standard InChI is InChI=1S/C17H28N4O2/c1-17(2,23)15-9-5-11-20(15)16(22)19-13-7-3-4-8-14(13)21-12-6-10-18-21/h6,10,12-15,23H,3-5,7-9,11H2,1-2H3,(H,19,22)/t13-,14+,15+/m1/s1. The van der Waals surface area contributed by atoms with E-state index in [1.165, 1.54) is 6.42 Å². The zero-order chi connectivity index (χ0) is 16.4. The van der Waals surface area contributed by atoms with Gasteiger partial charge in [-0.2, -0.15) is 5.10 Å². The smallest absolute Gasteiger partial charge is 0.318 e. The Bertz CT molecular complexity index is 523. The molecular formula is C17H28N4O2. The summed E-state index contributed by atoms with van der Waals surface area (Å²) in [7, 11) is 0. The molecule has 1 aliphatic carbocycles. The van der Waals surface area contributed by atoms with Crippen LogP contribution < -0.4 is 5.32 Å². The van der Waals surface area contributed by atoms with Gasteiger partial charge in [0.25, 0.3) is 0 Å². The first-order valence-corrected chi connectivity index (χ1v) is 8.75. The first-order valence-electron chi connectivity index (χ1n) is 8.75. The van der Waals surface area contributed by atoms with Crippen LogP contribution in [-0.2, 0) is 0 Å². The van der Waals surface area contributed by atoms with Crippen molar-refractivity contribution in [3.05, 3.63) is 18.5 Å². The van der Waals surface area contributed by atoms with E-state index in [9.17, 15) is 9.90 Å². The number of aliphatic hydroxyl groups is 1. The van der Waals surface area contributed by atoms with E-state index in [1.807, 2.05) is 21.8 Å². The fourth-order valence-electron chi connectivity index (χ4n) is 4.06. The van der Waals surface area contributed by atoms with Gasteiger partial charge in [-0.3, -0.25) is 4.68 Å². The maximum atomic E-state index is 12.8. The van der Waals surface area contributed by atoms with Gasteiger partial charge in [-0.05, 0) is 45.6 Å². The topological polar surface area (TPSA) is 70.4 Å². The van der Waals surface area contributed by atoms with Crippen molar-refractivity contribution >= 4 is 6.03 Å². The van der Waals surface area contributed by atoms with Crippen LogP contribution in [0.15, 0.2) is 18.5 Å². The number of likely N-dealkylation sites (tertiary alicyclic amines) is 1. The average molecular weight is 320 g/mol. The minimum atomic E-state index is -0.859. The number of amides is 2. The normalized spacial score (nSPS) is 28.8. The number of urea groups is 1. The van der Waals surface area contributed by atoms with Gasteiger partial charge in [0.2, 0.25) is 0 Å². The molecule has 1 aliphatic heterocycles. The number of hydrogen-bond acceptors (Lipinski definition) is 3. The fraction of sp³-hybridized carbons (Fsp3) is 0.765. The lowest BCUT2D eigenvalue weighted by Crippen LogP contribution is -2.54. The van der Waals surface area contributed by atoms with Crippen molar-refractivity contribution in [3.63, 3.8) is 0 Å². The SMILES string of the molecule is CC(C)(O)[C@@H]1CCCN1C(=O)N[C@@H]1CCCC[C@@H]1n1cccn1. The number of hydrogen-bond donors (Lipinski definition) is 2. The van der Waals surface area contributed by atoms with Crippen molar-refractivity contribution in [2.45, 2.75) is 76.1 Å². The molecule has 1 saturated heterocycles. The molecule has 23 heavy (non-hydrogen) atoms. The second-order valence-corrected chi connectivity index (χ2v) is 7.40. The van der Waals surface area contributed by atoms with Crippen LogP contribution in [0.2, 0.25) is 0 Å². The van der Waals surface area contributed by atoms with Crippen molar-refractivity contribution in [1.29, 1.82) is 0 Å². The van der Waals surface area contributed by atoms with Gasteiger partial charge in [-0.1, -0.05) is 12.8 Å². The maximum Gasteiger partial charge on any atom is 0.318 e. The van der Waals surface area contributed by atoms with Gasteiger partial charge in [-0.25, -0.2) is 4.79 Å². The molecule has 2 aliphatic rings. The minimum absolute atomic E-state index is 0.0429. The largest absolute Gasteiger partial charge is 0.388 e. The van der Waals surface area contributed by atoms with Crippen LogP contribution in [-0.4, -0.2) is 50.0 Å². The van der Waals surface area contributed by atoms with Gasteiger partial charge in [0.1, 0.15) is 0 Å². The molecule has 2 heterocycles. The van der Waals surface area contributed by atoms with Crippen molar-refractivity contribution in [2.75, 3.05) is 6.54 Å². The Morgan fingerprint density at radius 3 is 2.74 bits per heavy atom. The van der Waals surface area contributed by atoms with Crippen LogP contribution >= 0.6 is 0 Å². The average Bonchev–Trinajstić information content (AvgIpc) is 3.19. The fourth-order valence-corrected chi connectivity index (χ4v) is 4.06. The predicted octanol–water partition coefficient (Wildman–Crippen LogP) is 2.31. The van der Waals surface area contributed by atoms with E-state index in [4.69, 9.17) is 0 Å². The van der Waals surface area contributed by atoms with E-state index < -0.39 is 5.60 Å². The molecule has 6 nitrogen and oxygen atoms in total. The molecule has 2 amide bonds. The first kappa shape index (κ1) is 16.3. The van der Waals surface area contributed by atoms with Crippen molar-refractivity contribution in [3.8, 4) is 0 Å². The lowest BCUT2D eigenvalue weighted by atomic mass is 9.90. The molecule has 0 unspecified atom stereocenters. The Labute approximate surface area is 137 Å². The van der Waals surface area contributed by atoms with E-state index in [1.54, 1.807) is 20.0 Å². The highest BCUT2D eigenvalue weighted by atomic mass is 16.3. The Morgan fingerprint density at radius 2 is 2.04 bits per heavy atom. The summed E-state index contributed by atoms with van der Waals surface area (Å²) in [4.78, 5) is 14.6. The Morgan fingerprint density at radius 1 is 1.26 bits per heavy atom. The van der Waals surface area contributed by atoms with E-state index in [0.717, 1.165) is 38.6 Å². The van der Waals surface area contributed by atoms with Gasteiger partial charge >= 0.3 is 6.03 Å². The van der Waals surface area contributed by atoms with Crippen molar-refractivity contribution in [2.24, 2.45) is 0 Å². The van der Waals surface area contributed by atoms with Crippen LogP contribution in [0, 0.1) is 0 Å². The van der Waals surface area contributed by atoms with Gasteiger partial charge in [0.15, 0.2) is 0 Å². The summed E-state index contributed by atoms with van der Waals surface area (Å²) in [5.74, 6) is 0.